The third-order valence-corrected chi connectivity index (χ3v) is 3.11. The van der Waals surface area contributed by atoms with Crippen molar-refractivity contribution in [3.63, 3.8) is 0 Å². The van der Waals surface area contributed by atoms with Crippen molar-refractivity contribution in [1.29, 1.82) is 0 Å². The molecule has 1 aliphatic rings. The van der Waals surface area contributed by atoms with Crippen LogP contribution >= 0.6 is 0 Å². The number of anilines is 1. The van der Waals surface area contributed by atoms with Crippen molar-refractivity contribution in [1.82, 2.24) is 0 Å². The largest absolute Gasteiger partial charge is 0.490 e. The maximum Gasteiger partial charge on any atom is 0.330 e. The van der Waals surface area contributed by atoms with E-state index in [0.717, 1.165) is 18.7 Å². The highest BCUT2D eigenvalue weighted by Crippen LogP contribution is 2.23. The molecule has 112 valence electrons. The molecule has 0 atom stereocenters. The van der Waals surface area contributed by atoms with Gasteiger partial charge in [-0.05, 0) is 43.7 Å². The van der Waals surface area contributed by atoms with Crippen LogP contribution in [0.5, 0.6) is 5.75 Å². The summed E-state index contributed by atoms with van der Waals surface area (Å²) in [5.41, 5.74) is 0.895. The fourth-order valence-electron chi connectivity index (χ4n) is 2.12. The molecule has 0 unspecified atom stereocenters. The van der Waals surface area contributed by atoms with Gasteiger partial charge in [-0.1, -0.05) is 0 Å². The molecule has 0 radical (unpaired) electrons. The molecule has 21 heavy (non-hydrogen) atoms. The number of esters is 1. The average molecular weight is 289 g/mol. The molecular formula is C16H19NO4. The van der Waals surface area contributed by atoms with Crippen LogP contribution in [0.4, 0.5) is 5.69 Å². The number of benzene rings is 1. The van der Waals surface area contributed by atoms with Crippen LogP contribution < -0.4 is 9.64 Å². The molecule has 1 heterocycles. The normalized spacial score (nSPS) is 14.7. The lowest BCUT2D eigenvalue weighted by atomic mass is 10.3. The van der Waals surface area contributed by atoms with E-state index in [1.807, 2.05) is 24.3 Å². The van der Waals surface area contributed by atoms with Gasteiger partial charge in [-0.2, -0.15) is 0 Å². The van der Waals surface area contributed by atoms with Crippen LogP contribution in [0.25, 0.3) is 0 Å². The lowest BCUT2D eigenvalue weighted by Crippen LogP contribution is -2.23. The number of ether oxygens (including phenoxy) is 2. The first-order valence-corrected chi connectivity index (χ1v) is 7.07. The number of carbonyl (C=O) groups is 2. The molecule has 0 spiro atoms. The summed E-state index contributed by atoms with van der Waals surface area (Å²) in [6, 6.07) is 7.37. The van der Waals surface area contributed by atoms with Crippen LogP contribution in [0, 0.1) is 0 Å². The average Bonchev–Trinajstić information content (AvgIpc) is 2.91. The van der Waals surface area contributed by atoms with Gasteiger partial charge in [0, 0.05) is 24.7 Å². The maximum atomic E-state index is 11.6. The molecule has 0 aromatic heterocycles. The number of nitrogens with zero attached hydrogens (tertiary/aromatic N) is 1. The number of hydrogen-bond donors (Lipinski definition) is 0. The highest BCUT2D eigenvalue weighted by Gasteiger charge is 2.21. The minimum Gasteiger partial charge on any atom is -0.490 e. The van der Waals surface area contributed by atoms with E-state index in [1.165, 1.54) is 6.08 Å². The fourth-order valence-corrected chi connectivity index (χ4v) is 2.12. The van der Waals surface area contributed by atoms with Crippen molar-refractivity contribution in [2.24, 2.45) is 0 Å². The molecule has 5 heteroatoms. The summed E-state index contributed by atoms with van der Waals surface area (Å²) in [5, 5.41) is 0. The Bertz CT molecular complexity index is 522. The molecule has 2 rings (SSSR count). The quantitative estimate of drug-likeness (QED) is 0.595. The number of rotatable bonds is 6. The number of hydrogen-bond acceptors (Lipinski definition) is 4. The summed E-state index contributed by atoms with van der Waals surface area (Å²) in [6.07, 6.45) is 4.49. The second-order valence-electron chi connectivity index (χ2n) is 4.61. The lowest BCUT2D eigenvalue weighted by Gasteiger charge is -2.15. The van der Waals surface area contributed by atoms with Crippen molar-refractivity contribution in [3.05, 3.63) is 36.4 Å². The zero-order valence-corrected chi connectivity index (χ0v) is 12.1. The van der Waals surface area contributed by atoms with E-state index in [0.29, 0.717) is 25.4 Å². The van der Waals surface area contributed by atoms with Crippen molar-refractivity contribution in [2.75, 3.05) is 24.7 Å². The summed E-state index contributed by atoms with van der Waals surface area (Å²) in [5.74, 6) is 0.490. The van der Waals surface area contributed by atoms with Gasteiger partial charge in [0.05, 0.1) is 6.61 Å². The summed E-state index contributed by atoms with van der Waals surface area (Å²) < 4.78 is 10.2. The Kier molecular flexibility index (Phi) is 5.37. The predicted octanol–water partition coefficient (Wildman–Crippen LogP) is 2.31. The molecule has 1 aliphatic heterocycles. The molecular weight excluding hydrogens is 270 g/mol. The van der Waals surface area contributed by atoms with Gasteiger partial charge in [0.2, 0.25) is 5.91 Å². The van der Waals surface area contributed by atoms with Crippen molar-refractivity contribution < 1.29 is 19.1 Å². The van der Waals surface area contributed by atoms with Crippen LogP contribution in [0.15, 0.2) is 36.4 Å². The molecule has 0 bridgehead atoms. The van der Waals surface area contributed by atoms with Crippen molar-refractivity contribution in [3.8, 4) is 5.75 Å². The molecule has 1 aromatic carbocycles. The maximum absolute atomic E-state index is 11.6. The molecule has 5 nitrogen and oxygen atoms in total. The van der Waals surface area contributed by atoms with Crippen molar-refractivity contribution >= 4 is 17.6 Å². The van der Waals surface area contributed by atoms with Crippen LogP contribution in [0.1, 0.15) is 19.8 Å². The molecule has 0 aliphatic carbocycles. The summed E-state index contributed by atoms with van der Waals surface area (Å²) >= 11 is 0. The van der Waals surface area contributed by atoms with E-state index in [1.54, 1.807) is 17.9 Å². The number of carbonyl (C=O) groups excluding carboxylic acids is 2. The van der Waals surface area contributed by atoms with Gasteiger partial charge < -0.3 is 14.4 Å². The second kappa shape index (κ2) is 7.47. The van der Waals surface area contributed by atoms with Gasteiger partial charge in [0.1, 0.15) is 12.4 Å². The van der Waals surface area contributed by atoms with Crippen LogP contribution in [-0.4, -0.2) is 31.6 Å². The van der Waals surface area contributed by atoms with Gasteiger partial charge in [0.25, 0.3) is 0 Å². The minimum atomic E-state index is -0.371. The zero-order chi connectivity index (χ0) is 15.1. The van der Waals surface area contributed by atoms with Crippen LogP contribution in [-0.2, 0) is 14.3 Å². The highest BCUT2D eigenvalue weighted by atomic mass is 16.5. The standard InChI is InChI=1S/C16H19NO4/c1-2-20-16(19)6-4-12-21-14-9-7-13(8-10-14)17-11-3-5-15(17)18/h4,6-10H,2-3,5,11-12H2,1H3/b6-4+. The van der Waals surface area contributed by atoms with Crippen LogP contribution in [0.3, 0.4) is 0 Å². The lowest BCUT2D eigenvalue weighted by molar-refractivity contribution is -0.137. The smallest absolute Gasteiger partial charge is 0.330 e. The van der Waals surface area contributed by atoms with Gasteiger partial charge in [-0.25, -0.2) is 4.79 Å². The Morgan fingerprint density at radius 2 is 2.10 bits per heavy atom. The molecule has 0 N–H and O–H groups in total. The molecule has 1 amide bonds. The summed E-state index contributed by atoms with van der Waals surface area (Å²) in [7, 11) is 0. The first-order valence-electron chi connectivity index (χ1n) is 7.07. The second-order valence-corrected chi connectivity index (χ2v) is 4.61. The van der Waals surface area contributed by atoms with Gasteiger partial charge in [-0.3, -0.25) is 4.79 Å². The van der Waals surface area contributed by atoms with Crippen LogP contribution in [0.2, 0.25) is 0 Å². The molecule has 0 saturated carbocycles. The van der Waals surface area contributed by atoms with Gasteiger partial charge >= 0.3 is 5.97 Å². The molecule has 1 aromatic rings. The Morgan fingerprint density at radius 3 is 2.71 bits per heavy atom. The third-order valence-electron chi connectivity index (χ3n) is 3.11. The monoisotopic (exact) mass is 289 g/mol. The Balaban J connectivity index is 1.82. The van der Waals surface area contributed by atoms with E-state index in [2.05, 4.69) is 0 Å². The highest BCUT2D eigenvalue weighted by molar-refractivity contribution is 5.95. The topological polar surface area (TPSA) is 55.8 Å². The van der Waals surface area contributed by atoms with E-state index in [9.17, 15) is 9.59 Å². The van der Waals surface area contributed by atoms with E-state index < -0.39 is 0 Å². The van der Waals surface area contributed by atoms with E-state index in [4.69, 9.17) is 9.47 Å². The first-order chi connectivity index (χ1) is 10.2. The van der Waals surface area contributed by atoms with Gasteiger partial charge in [-0.15, -0.1) is 0 Å². The summed E-state index contributed by atoms with van der Waals surface area (Å²) in [4.78, 5) is 24.5. The molecule has 1 fully saturated rings. The Morgan fingerprint density at radius 1 is 1.33 bits per heavy atom. The van der Waals surface area contributed by atoms with E-state index in [-0.39, 0.29) is 11.9 Å². The Hall–Kier alpha value is -2.30. The summed E-state index contributed by atoms with van der Waals surface area (Å²) in [6.45, 7) is 3.19. The minimum absolute atomic E-state index is 0.168. The molecule has 1 saturated heterocycles. The van der Waals surface area contributed by atoms with Crippen molar-refractivity contribution in [2.45, 2.75) is 19.8 Å². The van der Waals surface area contributed by atoms with E-state index >= 15 is 0 Å². The fraction of sp³-hybridized carbons (Fsp3) is 0.375. The Labute approximate surface area is 124 Å². The SMILES string of the molecule is CCOC(=O)/C=C/COc1ccc(N2CCCC2=O)cc1. The third kappa shape index (κ3) is 4.34. The predicted molar refractivity (Wildman–Crippen MR) is 79.3 cm³/mol. The van der Waals surface area contributed by atoms with Gasteiger partial charge in [0.15, 0.2) is 0 Å². The first kappa shape index (κ1) is 15.1. The number of amides is 1. The zero-order valence-electron chi connectivity index (χ0n) is 12.1.